The van der Waals surface area contributed by atoms with Crippen molar-refractivity contribution in [3.63, 3.8) is 0 Å². The fraction of sp³-hybridized carbons (Fsp3) is 0.650. The van der Waals surface area contributed by atoms with Gasteiger partial charge in [-0.3, -0.25) is 4.79 Å². The lowest BCUT2D eigenvalue weighted by molar-refractivity contribution is -0.110. The summed E-state index contributed by atoms with van der Waals surface area (Å²) in [4.78, 5) is 11.8. The normalized spacial score (nSPS) is 24.7. The molecule has 2 aliphatic rings. The number of carbonyl (C=O) groups is 1. The summed E-state index contributed by atoms with van der Waals surface area (Å²) >= 11 is 0. The van der Waals surface area contributed by atoms with Gasteiger partial charge in [0.25, 0.3) is 0 Å². The van der Waals surface area contributed by atoms with Gasteiger partial charge < -0.3 is 0 Å². The Balaban J connectivity index is 2.40. The lowest BCUT2D eigenvalue weighted by Crippen LogP contribution is -2.36. The molecule has 1 spiro atoms. The second kappa shape index (κ2) is 5.53. The van der Waals surface area contributed by atoms with E-state index in [1.807, 2.05) is 12.2 Å². The summed E-state index contributed by atoms with van der Waals surface area (Å²) < 4.78 is 0. The minimum atomic E-state index is -1.58. The molecule has 1 fully saturated rings. The lowest BCUT2D eigenvalue weighted by Gasteiger charge is -2.38. The Labute approximate surface area is 137 Å². The average molecular weight is 315 g/mol. The molecule has 0 radical (unpaired) electrons. The Kier molecular flexibility index (Phi) is 4.34. The molecule has 2 heteroatoms. The fourth-order valence-electron chi connectivity index (χ4n) is 3.64. The lowest BCUT2D eigenvalue weighted by atomic mass is 9.65. The van der Waals surface area contributed by atoms with Crippen LogP contribution in [0.5, 0.6) is 0 Å². The van der Waals surface area contributed by atoms with Crippen LogP contribution < -0.4 is 0 Å². The topological polar surface area (TPSA) is 17.1 Å². The molecule has 1 saturated carbocycles. The van der Waals surface area contributed by atoms with Crippen molar-refractivity contribution in [2.75, 3.05) is 0 Å². The van der Waals surface area contributed by atoms with Crippen molar-refractivity contribution in [3.05, 3.63) is 23.3 Å². The fourth-order valence-corrected chi connectivity index (χ4v) is 4.55. The number of allylic oxidation sites excluding steroid dienone is 4. The zero-order valence-electron chi connectivity index (χ0n) is 15.3. The molecular formula is C20H30OSi. The molecule has 0 aliphatic heterocycles. The van der Waals surface area contributed by atoms with Crippen molar-refractivity contribution >= 4 is 13.9 Å². The third-order valence-corrected chi connectivity index (χ3v) is 10.7. The van der Waals surface area contributed by atoms with Gasteiger partial charge in [0.2, 0.25) is 0 Å². The standard InChI is InChI=1S/C20H30OSi/c1-15-13-18(21)14-16(2)20(15)11-8-9-17(20)10-12-22(6,7)19(3,4)5/h13-14,17H,8-9,11H2,1-7H3. The molecular weight excluding hydrogens is 284 g/mol. The van der Waals surface area contributed by atoms with E-state index < -0.39 is 8.07 Å². The Hall–Kier alpha value is -1.07. The summed E-state index contributed by atoms with van der Waals surface area (Å²) in [5.74, 6) is 4.20. The summed E-state index contributed by atoms with van der Waals surface area (Å²) in [5, 5.41) is 0.296. The van der Waals surface area contributed by atoms with Crippen molar-refractivity contribution in [1.82, 2.24) is 0 Å². The summed E-state index contributed by atoms with van der Waals surface area (Å²) in [5.41, 5.74) is 6.20. The second-order valence-electron chi connectivity index (χ2n) is 8.62. The van der Waals surface area contributed by atoms with Crippen LogP contribution in [0, 0.1) is 22.8 Å². The van der Waals surface area contributed by atoms with Gasteiger partial charge in [-0.05, 0) is 43.9 Å². The van der Waals surface area contributed by atoms with E-state index >= 15 is 0 Å². The van der Waals surface area contributed by atoms with Crippen molar-refractivity contribution in [1.29, 1.82) is 0 Å². The molecule has 0 aromatic rings. The third-order valence-electron chi connectivity index (χ3n) is 6.22. The molecule has 120 valence electrons. The van der Waals surface area contributed by atoms with Gasteiger partial charge >= 0.3 is 0 Å². The van der Waals surface area contributed by atoms with Crippen LogP contribution in [0.2, 0.25) is 18.1 Å². The van der Waals surface area contributed by atoms with Gasteiger partial charge in [-0.15, -0.1) is 11.5 Å². The maximum absolute atomic E-state index is 11.8. The van der Waals surface area contributed by atoms with Gasteiger partial charge in [0, 0.05) is 11.3 Å². The molecule has 22 heavy (non-hydrogen) atoms. The van der Waals surface area contributed by atoms with E-state index in [0.717, 1.165) is 12.8 Å². The van der Waals surface area contributed by atoms with Crippen LogP contribution in [-0.2, 0) is 4.79 Å². The summed E-state index contributed by atoms with van der Waals surface area (Å²) in [6.45, 7) is 15.9. The molecule has 2 aliphatic carbocycles. The molecule has 1 atom stereocenters. The molecule has 0 aromatic heterocycles. The van der Waals surface area contributed by atoms with E-state index in [9.17, 15) is 4.79 Å². The Morgan fingerprint density at radius 3 is 2.23 bits per heavy atom. The van der Waals surface area contributed by atoms with Crippen molar-refractivity contribution in [2.24, 2.45) is 11.3 Å². The summed E-state index contributed by atoms with van der Waals surface area (Å²) in [7, 11) is -1.58. The summed E-state index contributed by atoms with van der Waals surface area (Å²) in [6.07, 6.45) is 7.17. The minimum absolute atomic E-state index is 0.0310. The zero-order chi connectivity index (χ0) is 16.8. The monoisotopic (exact) mass is 314 g/mol. The van der Waals surface area contributed by atoms with Gasteiger partial charge in [-0.2, -0.15) is 0 Å². The third kappa shape index (κ3) is 2.76. The largest absolute Gasteiger partial charge is 0.290 e. The molecule has 0 aromatic carbocycles. The molecule has 0 amide bonds. The number of hydrogen-bond acceptors (Lipinski definition) is 1. The quantitative estimate of drug-likeness (QED) is 0.438. The molecule has 2 rings (SSSR count). The highest BCUT2D eigenvalue weighted by atomic mass is 28.3. The Morgan fingerprint density at radius 1 is 1.18 bits per heavy atom. The predicted octanol–water partition coefficient (Wildman–Crippen LogP) is 5.30. The van der Waals surface area contributed by atoms with Crippen LogP contribution in [0.15, 0.2) is 23.3 Å². The Bertz CT molecular complexity index is 580. The smallest absolute Gasteiger partial charge is 0.178 e. The van der Waals surface area contributed by atoms with Gasteiger partial charge in [-0.25, -0.2) is 0 Å². The predicted molar refractivity (Wildman–Crippen MR) is 97.3 cm³/mol. The van der Waals surface area contributed by atoms with E-state index in [-0.39, 0.29) is 11.2 Å². The van der Waals surface area contributed by atoms with Crippen molar-refractivity contribution in [3.8, 4) is 11.5 Å². The number of hydrogen-bond donors (Lipinski definition) is 0. The SMILES string of the molecule is CC1=CC(=O)C=C(C)C12CCCC2C#C[Si](C)(C)C(C)(C)C. The van der Waals surface area contributed by atoms with Gasteiger partial charge in [0.05, 0.1) is 0 Å². The van der Waals surface area contributed by atoms with Crippen LogP contribution in [0.4, 0.5) is 0 Å². The highest BCUT2D eigenvalue weighted by molar-refractivity contribution is 6.87. The van der Waals surface area contributed by atoms with Crippen LogP contribution in [0.1, 0.15) is 53.9 Å². The highest BCUT2D eigenvalue weighted by Crippen LogP contribution is 2.54. The van der Waals surface area contributed by atoms with E-state index in [2.05, 4.69) is 59.2 Å². The van der Waals surface area contributed by atoms with Crippen LogP contribution >= 0.6 is 0 Å². The molecule has 0 bridgehead atoms. The second-order valence-corrected chi connectivity index (χ2v) is 13.6. The minimum Gasteiger partial charge on any atom is -0.290 e. The van der Waals surface area contributed by atoms with E-state index in [1.54, 1.807) is 0 Å². The molecule has 1 unspecified atom stereocenters. The number of rotatable bonds is 0. The maximum Gasteiger partial charge on any atom is 0.178 e. The first kappa shape index (κ1) is 17.3. The highest BCUT2D eigenvalue weighted by Gasteiger charge is 2.46. The molecule has 0 N–H and O–H groups in total. The van der Waals surface area contributed by atoms with E-state index in [4.69, 9.17) is 0 Å². The first-order valence-electron chi connectivity index (χ1n) is 8.45. The van der Waals surface area contributed by atoms with Gasteiger partial charge in [0.1, 0.15) is 8.07 Å². The zero-order valence-corrected chi connectivity index (χ0v) is 16.3. The van der Waals surface area contributed by atoms with Crippen LogP contribution in [0.3, 0.4) is 0 Å². The Morgan fingerprint density at radius 2 is 1.73 bits per heavy atom. The van der Waals surface area contributed by atoms with Crippen molar-refractivity contribution < 1.29 is 4.79 Å². The van der Waals surface area contributed by atoms with Gasteiger partial charge in [-0.1, -0.05) is 51.4 Å². The van der Waals surface area contributed by atoms with Gasteiger partial charge in [0.15, 0.2) is 5.78 Å². The maximum atomic E-state index is 11.8. The first-order chi connectivity index (χ1) is 10.0. The van der Waals surface area contributed by atoms with Crippen molar-refractivity contribution in [2.45, 2.75) is 72.0 Å². The van der Waals surface area contributed by atoms with Crippen LogP contribution in [-0.4, -0.2) is 13.9 Å². The average Bonchev–Trinajstić information content (AvgIpc) is 2.77. The van der Waals surface area contributed by atoms with E-state index in [1.165, 1.54) is 17.6 Å². The molecule has 1 nitrogen and oxygen atoms in total. The summed E-state index contributed by atoms with van der Waals surface area (Å²) in [6, 6.07) is 0. The number of ketones is 1. The van der Waals surface area contributed by atoms with Crippen LogP contribution in [0.25, 0.3) is 0 Å². The first-order valence-corrected chi connectivity index (χ1v) is 11.4. The van der Waals surface area contributed by atoms with E-state index in [0.29, 0.717) is 11.0 Å². The number of carbonyl (C=O) groups excluding carboxylic acids is 1. The molecule has 0 heterocycles. The molecule has 0 saturated heterocycles.